The number of rotatable bonds is 5. The average Bonchev–Trinajstić information content (AvgIpc) is 2.31. The zero-order valence-electron chi connectivity index (χ0n) is 11.9. The van der Waals surface area contributed by atoms with Gasteiger partial charge in [0, 0.05) is 0 Å². The highest BCUT2D eigenvalue weighted by molar-refractivity contribution is 5.95. The van der Waals surface area contributed by atoms with Crippen molar-refractivity contribution < 1.29 is 28.6 Å². The fraction of sp³-hybridized carbons (Fsp3) is 0.750. The van der Waals surface area contributed by atoms with Crippen LogP contribution in [-0.2, 0) is 28.6 Å². The van der Waals surface area contributed by atoms with Crippen molar-refractivity contribution >= 4 is 17.9 Å². The van der Waals surface area contributed by atoms with E-state index in [0.717, 1.165) is 14.2 Å². The maximum atomic E-state index is 11.7. The molecular weight excluding hydrogens is 254 g/mol. The SMILES string of the molecule is COC(=O)C(CC(N)C(=O)OC(C)(C)C)C(=O)OC. The van der Waals surface area contributed by atoms with Crippen LogP contribution in [0.4, 0.5) is 0 Å². The Morgan fingerprint density at radius 2 is 1.42 bits per heavy atom. The first kappa shape index (κ1) is 17.4. The van der Waals surface area contributed by atoms with Gasteiger partial charge in [0.2, 0.25) is 0 Å². The Morgan fingerprint density at radius 1 is 1.00 bits per heavy atom. The van der Waals surface area contributed by atoms with Crippen molar-refractivity contribution in [2.45, 2.75) is 38.8 Å². The van der Waals surface area contributed by atoms with Crippen LogP contribution in [0.5, 0.6) is 0 Å². The van der Waals surface area contributed by atoms with E-state index in [2.05, 4.69) is 9.47 Å². The van der Waals surface area contributed by atoms with Crippen molar-refractivity contribution in [3.05, 3.63) is 0 Å². The topological polar surface area (TPSA) is 105 Å². The van der Waals surface area contributed by atoms with E-state index in [9.17, 15) is 14.4 Å². The second-order valence-electron chi connectivity index (χ2n) is 4.97. The average molecular weight is 275 g/mol. The first-order chi connectivity index (χ1) is 8.62. The normalized spacial score (nSPS) is 12.8. The smallest absolute Gasteiger partial charge is 0.323 e. The van der Waals surface area contributed by atoms with Gasteiger partial charge in [-0.15, -0.1) is 0 Å². The molecule has 0 rings (SSSR count). The van der Waals surface area contributed by atoms with Crippen LogP contribution in [0.3, 0.4) is 0 Å². The summed E-state index contributed by atoms with van der Waals surface area (Å²) in [5.41, 5.74) is 4.93. The fourth-order valence-corrected chi connectivity index (χ4v) is 1.30. The van der Waals surface area contributed by atoms with Crippen LogP contribution in [0.1, 0.15) is 27.2 Å². The molecule has 0 aliphatic heterocycles. The summed E-state index contributed by atoms with van der Waals surface area (Å²) in [6, 6.07) is -1.11. The minimum Gasteiger partial charge on any atom is -0.468 e. The lowest BCUT2D eigenvalue weighted by Crippen LogP contribution is -2.41. The molecule has 1 unspecified atom stereocenters. The molecule has 1 atom stereocenters. The minimum absolute atomic E-state index is 0.228. The highest BCUT2D eigenvalue weighted by atomic mass is 16.6. The van der Waals surface area contributed by atoms with Gasteiger partial charge in [-0.1, -0.05) is 0 Å². The molecule has 7 nitrogen and oxygen atoms in total. The fourth-order valence-electron chi connectivity index (χ4n) is 1.30. The van der Waals surface area contributed by atoms with E-state index in [1.165, 1.54) is 0 Å². The van der Waals surface area contributed by atoms with E-state index in [0.29, 0.717) is 0 Å². The minimum atomic E-state index is -1.24. The summed E-state index contributed by atoms with van der Waals surface area (Å²) >= 11 is 0. The first-order valence-corrected chi connectivity index (χ1v) is 5.76. The summed E-state index contributed by atoms with van der Waals surface area (Å²) in [4.78, 5) is 34.5. The van der Waals surface area contributed by atoms with Crippen molar-refractivity contribution in [3.8, 4) is 0 Å². The second-order valence-corrected chi connectivity index (χ2v) is 4.97. The molecule has 0 bridgehead atoms. The lowest BCUT2D eigenvalue weighted by molar-refractivity contribution is -0.161. The van der Waals surface area contributed by atoms with Gasteiger partial charge < -0.3 is 19.9 Å². The zero-order chi connectivity index (χ0) is 15.2. The molecule has 0 aliphatic rings. The molecule has 0 fully saturated rings. The van der Waals surface area contributed by atoms with Crippen molar-refractivity contribution in [2.75, 3.05) is 14.2 Å². The molecular formula is C12H21NO6. The van der Waals surface area contributed by atoms with Crippen LogP contribution in [0, 0.1) is 5.92 Å². The van der Waals surface area contributed by atoms with Gasteiger partial charge in [0.15, 0.2) is 5.92 Å². The molecule has 0 spiro atoms. The lowest BCUT2D eigenvalue weighted by atomic mass is 10.0. The van der Waals surface area contributed by atoms with Gasteiger partial charge in [0.05, 0.1) is 14.2 Å². The van der Waals surface area contributed by atoms with Crippen molar-refractivity contribution in [3.63, 3.8) is 0 Å². The standard InChI is InChI=1S/C12H21NO6/c1-12(2,3)19-11(16)8(13)6-7(9(14)17-4)10(15)18-5/h7-8H,6,13H2,1-5H3. The van der Waals surface area contributed by atoms with Gasteiger partial charge in [-0.2, -0.15) is 0 Å². The van der Waals surface area contributed by atoms with Crippen LogP contribution in [-0.4, -0.2) is 43.8 Å². The van der Waals surface area contributed by atoms with Crippen LogP contribution in [0.15, 0.2) is 0 Å². The quantitative estimate of drug-likeness (QED) is 0.428. The maximum Gasteiger partial charge on any atom is 0.323 e. The number of carbonyl (C=O) groups is 3. The van der Waals surface area contributed by atoms with Crippen LogP contribution in [0.25, 0.3) is 0 Å². The summed E-state index contributed by atoms with van der Waals surface area (Å²) in [5, 5.41) is 0. The van der Waals surface area contributed by atoms with Crippen molar-refractivity contribution in [2.24, 2.45) is 11.7 Å². The Balaban J connectivity index is 4.72. The van der Waals surface area contributed by atoms with Crippen molar-refractivity contribution in [1.29, 1.82) is 0 Å². The Hall–Kier alpha value is -1.63. The summed E-state index contributed by atoms with van der Waals surface area (Å²) in [5.74, 6) is -3.53. The molecule has 0 aliphatic carbocycles. The van der Waals surface area contributed by atoms with Crippen LogP contribution >= 0.6 is 0 Å². The summed E-state index contributed by atoms with van der Waals surface area (Å²) in [6.45, 7) is 5.07. The van der Waals surface area contributed by atoms with Crippen LogP contribution < -0.4 is 5.73 Å². The van der Waals surface area contributed by atoms with Gasteiger partial charge in [0.25, 0.3) is 0 Å². The Bertz CT molecular complexity index is 331. The third-order valence-corrected chi connectivity index (χ3v) is 2.17. The highest BCUT2D eigenvalue weighted by Gasteiger charge is 2.34. The summed E-state index contributed by atoms with van der Waals surface area (Å²) < 4.78 is 14.0. The number of nitrogens with two attached hydrogens (primary N) is 1. The monoisotopic (exact) mass is 275 g/mol. The second kappa shape index (κ2) is 7.08. The Kier molecular flexibility index (Phi) is 6.47. The molecule has 0 saturated heterocycles. The molecule has 110 valence electrons. The first-order valence-electron chi connectivity index (χ1n) is 5.76. The number of ether oxygens (including phenoxy) is 3. The van der Waals surface area contributed by atoms with Gasteiger partial charge in [-0.05, 0) is 27.2 Å². The largest absolute Gasteiger partial charge is 0.468 e. The number of esters is 3. The number of hydrogen-bond donors (Lipinski definition) is 1. The van der Waals surface area contributed by atoms with E-state index < -0.39 is 35.5 Å². The summed E-state index contributed by atoms with van der Waals surface area (Å²) in [7, 11) is 2.27. The van der Waals surface area contributed by atoms with Gasteiger partial charge >= 0.3 is 17.9 Å². The number of methoxy groups -OCH3 is 2. The molecule has 0 heterocycles. The molecule has 0 aromatic carbocycles. The maximum absolute atomic E-state index is 11.7. The third kappa shape index (κ3) is 6.19. The molecule has 0 aromatic heterocycles. The van der Waals surface area contributed by atoms with Gasteiger partial charge in [-0.3, -0.25) is 14.4 Å². The molecule has 0 amide bonds. The predicted octanol–water partition coefficient (Wildman–Crippen LogP) is 0.00770. The Labute approximate surface area is 112 Å². The molecule has 0 aromatic rings. The van der Waals surface area contributed by atoms with E-state index in [1.807, 2.05) is 0 Å². The number of hydrogen-bond acceptors (Lipinski definition) is 7. The van der Waals surface area contributed by atoms with Gasteiger partial charge in [0.1, 0.15) is 11.6 Å². The van der Waals surface area contributed by atoms with Crippen LogP contribution in [0.2, 0.25) is 0 Å². The Morgan fingerprint density at radius 3 is 1.74 bits per heavy atom. The van der Waals surface area contributed by atoms with Gasteiger partial charge in [-0.25, -0.2) is 0 Å². The predicted molar refractivity (Wildman–Crippen MR) is 66.0 cm³/mol. The molecule has 0 radical (unpaired) electrons. The molecule has 7 heteroatoms. The highest BCUT2D eigenvalue weighted by Crippen LogP contribution is 2.14. The third-order valence-electron chi connectivity index (χ3n) is 2.17. The molecule has 19 heavy (non-hydrogen) atoms. The van der Waals surface area contributed by atoms with E-state index in [-0.39, 0.29) is 6.42 Å². The van der Waals surface area contributed by atoms with E-state index in [1.54, 1.807) is 20.8 Å². The zero-order valence-corrected chi connectivity index (χ0v) is 11.9. The number of carbonyl (C=O) groups excluding carboxylic acids is 3. The lowest BCUT2D eigenvalue weighted by Gasteiger charge is -2.23. The summed E-state index contributed by atoms with van der Waals surface area (Å²) in [6.07, 6.45) is -0.228. The van der Waals surface area contributed by atoms with E-state index >= 15 is 0 Å². The molecule has 0 saturated carbocycles. The molecule has 2 N–H and O–H groups in total. The van der Waals surface area contributed by atoms with Crippen molar-refractivity contribution in [1.82, 2.24) is 0 Å². The van der Waals surface area contributed by atoms with E-state index in [4.69, 9.17) is 10.5 Å².